The number of aromatic nitrogens is 1. The number of aliphatic carboxylic acids is 1. The molecule has 0 saturated heterocycles. The topological polar surface area (TPSA) is 123 Å². The maximum atomic E-state index is 12.1. The molecule has 0 bridgehead atoms. The van der Waals surface area contributed by atoms with Gasteiger partial charge in [-0.2, -0.15) is 0 Å². The van der Waals surface area contributed by atoms with Gasteiger partial charge in [0.2, 0.25) is 5.91 Å². The van der Waals surface area contributed by atoms with Crippen LogP contribution in [-0.4, -0.2) is 38.2 Å². The number of amides is 1. The summed E-state index contributed by atoms with van der Waals surface area (Å²) in [6.07, 6.45) is 0.537. The molecule has 140 valence electrons. The number of hydrogen-bond donors (Lipinski definition) is 5. The van der Waals surface area contributed by atoms with Crippen molar-refractivity contribution in [3.63, 3.8) is 0 Å². The normalized spacial score (nSPS) is 12.0. The van der Waals surface area contributed by atoms with Crippen LogP contribution in [-0.2, 0) is 22.4 Å². The number of fused-ring (bicyclic) bond motifs is 1. The number of carboxylic acids is 1. The molecule has 7 nitrogen and oxygen atoms in total. The molecule has 2 aromatic carbocycles. The molecule has 0 spiro atoms. The molecule has 5 N–H and O–H groups in total. The van der Waals surface area contributed by atoms with Crippen LogP contribution >= 0.6 is 0 Å². The van der Waals surface area contributed by atoms with Crippen molar-refractivity contribution < 1.29 is 24.9 Å². The Morgan fingerprint density at radius 2 is 1.81 bits per heavy atom. The van der Waals surface area contributed by atoms with Crippen LogP contribution in [0, 0.1) is 0 Å². The van der Waals surface area contributed by atoms with E-state index in [0.29, 0.717) is 12.0 Å². The van der Waals surface area contributed by atoms with E-state index >= 15 is 0 Å². The van der Waals surface area contributed by atoms with E-state index in [4.69, 9.17) is 0 Å². The number of phenolic OH excluding ortho intramolecular Hbond substituents is 2. The highest BCUT2D eigenvalue weighted by atomic mass is 16.4. The highest BCUT2D eigenvalue weighted by molar-refractivity contribution is 5.84. The number of aromatic hydroxyl groups is 2. The number of benzene rings is 2. The first kappa shape index (κ1) is 18.3. The van der Waals surface area contributed by atoms with Crippen LogP contribution in [0.4, 0.5) is 0 Å². The van der Waals surface area contributed by atoms with Crippen LogP contribution in [0.1, 0.15) is 17.7 Å². The quantitative estimate of drug-likeness (QED) is 0.410. The number of phenols is 2. The third kappa shape index (κ3) is 4.58. The number of carbonyl (C=O) groups is 2. The second-order valence-corrected chi connectivity index (χ2v) is 6.37. The van der Waals surface area contributed by atoms with Gasteiger partial charge >= 0.3 is 5.97 Å². The van der Waals surface area contributed by atoms with Crippen molar-refractivity contribution in [2.45, 2.75) is 25.3 Å². The maximum Gasteiger partial charge on any atom is 0.326 e. The van der Waals surface area contributed by atoms with Crippen LogP contribution < -0.4 is 5.32 Å². The van der Waals surface area contributed by atoms with Gasteiger partial charge in [-0.3, -0.25) is 4.79 Å². The fourth-order valence-electron chi connectivity index (χ4n) is 2.91. The van der Waals surface area contributed by atoms with E-state index in [1.807, 2.05) is 30.3 Å². The molecule has 0 aliphatic rings. The number of H-pyrrole nitrogens is 1. The fraction of sp³-hybridized carbons (Fsp3) is 0.200. The minimum absolute atomic E-state index is 0.0701. The van der Waals surface area contributed by atoms with Crippen molar-refractivity contribution in [2.75, 3.05) is 0 Å². The molecule has 1 unspecified atom stereocenters. The molecule has 27 heavy (non-hydrogen) atoms. The molecule has 0 fully saturated rings. The first-order chi connectivity index (χ1) is 12.9. The molecule has 0 aliphatic carbocycles. The largest absolute Gasteiger partial charge is 0.504 e. The molecular formula is C20H20N2O5. The monoisotopic (exact) mass is 368 g/mol. The third-order valence-electron chi connectivity index (χ3n) is 4.32. The fourth-order valence-corrected chi connectivity index (χ4v) is 2.91. The van der Waals surface area contributed by atoms with Gasteiger partial charge in [-0.05, 0) is 41.6 Å². The Hall–Kier alpha value is -3.48. The summed E-state index contributed by atoms with van der Waals surface area (Å²) in [7, 11) is 0. The molecule has 1 amide bonds. The van der Waals surface area contributed by atoms with Crippen molar-refractivity contribution in [2.24, 2.45) is 0 Å². The van der Waals surface area contributed by atoms with Crippen LogP contribution in [0.3, 0.4) is 0 Å². The summed E-state index contributed by atoms with van der Waals surface area (Å²) in [4.78, 5) is 26.8. The van der Waals surface area contributed by atoms with Gasteiger partial charge in [0.15, 0.2) is 11.5 Å². The van der Waals surface area contributed by atoms with Gasteiger partial charge in [0, 0.05) is 24.1 Å². The molecule has 3 rings (SSSR count). The van der Waals surface area contributed by atoms with Gasteiger partial charge in [-0.15, -0.1) is 0 Å². The number of carbonyl (C=O) groups excluding carboxylic acids is 1. The maximum absolute atomic E-state index is 12.1. The molecule has 0 aliphatic heterocycles. The van der Waals surface area contributed by atoms with Gasteiger partial charge in [-0.25, -0.2) is 4.79 Å². The van der Waals surface area contributed by atoms with Crippen molar-refractivity contribution in [3.8, 4) is 11.5 Å². The lowest BCUT2D eigenvalue weighted by atomic mass is 10.1. The van der Waals surface area contributed by atoms with Gasteiger partial charge in [0.05, 0.1) is 0 Å². The second-order valence-electron chi connectivity index (χ2n) is 6.37. The molecule has 1 atom stereocenters. The first-order valence-corrected chi connectivity index (χ1v) is 8.52. The predicted molar refractivity (Wildman–Crippen MR) is 99.7 cm³/mol. The average Bonchev–Trinajstić information content (AvgIpc) is 3.04. The molecule has 0 saturated carbocycles. The lowest BCUT2D eigenvalue weighted by Crippen LogP contribution is -2.42. The Bertz CT molecular complexity index is 946. The highest BCUT2D eigenvalue weighted by Crippen LogP contribution is 2.25. The van der Waals surface area contributed by atoms with E-state index in [0.717, 1.165) is 16.6 Å². The van der Waals surface area contributed by atoms with Crippen molar-refractivity contribution in [1.29, 1.82) is 0 Å². The Kier molecular flexibility index (Phi) is 5.30. The summed E-state index contributed by atoms with van der Waals surface area (Å²) in [6.45, 7) is 0. The van der Waals surface area contributed by atoms with E-state index in [2.05, 4.69) is 10.3 Å². The van der Waals surface area contributed by atoms with Crippen molar-refractivity contribution in [1.82, 2.24) is 10.3 Å². The van der Waals surface area contributed by atoms with E-state index in [1.165, 1.54) is 12.1 Å². The van der Waals surface area contributed by atoms with E-state index < -0.39 is 17.9 Å². The summed E-state index contributed by atoms with van der Waals surface area (Å²) in [5.74, 6) is -1.99. The second kappa shape index (κ2) is 7.82. The minimum Gasteiger partial charge on any atom is -0.504 e. The average molecular weight is 368 g/mol. The Morgan fingerprint density at radius 3 is 2.52 bits per heavy atom. The lowest BCUT2D eigenvalue weighted by Gasteiger charge is -2.14. The SMILES string of the molecule is O=C(CCc1ccc(O)c(O)c1)NC(Cc1cc2ccccc2[nH]1)C(=O)O. The highest BCUT2D eigenvalue weighted by Gasteiger charge is 2.21. The Balaban J connectivity index is 1.60. The molecule has 3 aromatic rings. The lowest BCUT2D eigenvalue weighted by molar-refractivity contribution is -0.141. The Labute approximate surface area is 155 Å². The Morgan fingerprint density at radius 1 is 1.04 bits per heavy atom. The zero-order valence-electron chi connectivity index (χ0n) is 14.5. The molecule has 0 radical (unpaired) electrons. The van der Waals surface area contributed by atoms with Gasteiger partial charge in [0.25, 0.3) is 0 Å². The number of carboxylic acid groups (broad SMARTS) is 1. The predicted octanol–water partition coefficient (Wildman–Crippen LogP) is 2.32. The number of nitrogens with one attached hydrogen (secondary N) is 2. The van der Waals surface area contributed by atoms with Crippen LogP contribution in [0.5, 0.6) is 11.5 Å². The van der Waals surface area contributed by atoms with E-state index in [-0.39, 0.29) is 24.3 Å². The summed E-state index contributed by atoms with van der Waals surface area (Å²) in [5.41, 5.74) is 2.31. The smallest absolute Gasteiger partial charge is 0.326 e. The van der Waals surface area contributed by atoms with E-state index in [1.54, 1.807) is 6.07 Å². The number of hydrogen-bond acceptors (Lipinski definition) is 4. The van der Waals surface area contributed by atoms with Crippen molar-refractivity contribution in [3.05, 3.63) is 59.8 Å². The molecule has 7 heteroatoms. The zero-order valence-corrected chi connectivity index (χ0v) is 14.5. The number of aromatic amines is 1. The molecule has 1 heterocycles. The van der Waals surface area contributed by atoms with Gasteiger partial charge in [0.1, 0.15) is 6.04 Å². The number of aryl methyl sites for hydroxylation is 1. The summed E-state index contributed by atoms with van der Waals surface area (Å²) >= 11 is 0. The van der Waals surface area contributed by atoms with Crippen LogP contribution in [0.25, 0.3) is 10.9 Å². The van der Waals surface area contributed by atoms with Gasteiger partial charge < -0.3 is 25.6 Å². The summed E-state index contributed by atoms with van der Waals surface area (Å²) < 4.78 is 0. The van der Waals surface area contributed by atoms with Gasteiger partial charge in [-0.1, -0.05) is 24.3 Å². The van der Waals surface area contributed by atoms with Crippen LogP contribution in [0.2, 0.25) is 0 Å². The van der Waals surface area contributed by atoms with E-state index in [9.17, 15) is 24.9 Å². The third-order valence-corrected chi connectivity index (χ3v) is 4.32. The molecule has 1 aromatic heterocycles. The van der Waals surface area contributed by atoms with Crippen molar-refractivity contribution >= 4 is 22.8 Å². The summed E-state index contributed by atoms with van der Waals surface area (Å²) in [6, 6.07) is 12.8. The zero-order chi connectivity index (χ0) is 19.4. The number of para-hydroxylation sites is 1. The van der Waals surface area contributed by atoms with Crippen LogP contribution in [0.15, 0.2) is 48.5 Å². The number of rotatable bonds is 7. The minimum atomic E-state index is -1.11. The first-order valence-electron chi connectivity index (χ1n) is 8.52. The molecular weight excluding hydrogens is 348 g/mol. The summed E-state index contributed by atoms with van der Waals surface area (Å²) in [5, 5.41) is 31.7. The standard InChI is InChI=1S/C20H20N2O5/c23-17-7-5-12(9-18(17)24)6-8-19(25)22-16(20(26)27)11-14-10-13-3-1-2-4-15(13)21-14/h1-5,7,9-10,16,21,23-24H,6,8,11H2,(H,22,25)(H,26,27).